The minimum atomic E-state index is -1.40. The van der Waals surface area contributed by atoms with Crippen LogP contribution in [0.25, 0.3) is 0 Å². The fourth-order valence-corrected chi connectivity index (χ4v) is 4.20. The Bertz CT molecular complexity index is 897. The van der Waals surface area contributed by atoms with Crippen molar-refractivity contribution in [2.45, 2.75) is 44.1 Å². The summed E-state index contributed by atoms with van der Waals surface area (Å²) in [6, 6.07) is 16.1. The van der Waals surface area contributed by atoms with Crippen LogP contribution in [0.1, 0.15) is 23.4 Å². The number of hydrogen-bond acceptors (Lipinski definition) is 5. The summed E-state index contributed by atoms with van der Waals surface area (Å²) in [5.74, 6) is -0.481. The molecule has 1 unspecified atom stereocenters. The zero-order valence-corrected chi connectivity index (χ0v) is 19.3. The lowest BCUT2D eigenvalue weighted by molar-refractivity contribution is -0.150. The molecule has 1 saturated heterocycles. The van der Waals surface area contributed by atoms with Gasteiger partial charge in [-0.2, -0.15) is 0 Å². The third kappa shape index (κ3) is 5.45. The standard InChI is InChI=1S/C23H29NO6Si/c1-28-18-12-10-17(11-13-18)21-24(23(27)29-14-15-31(2,3)4)19(20(30-21)22(25)26)16-8-6-5-7-9-16/h5-13,19-21H,14-15H2,1-4H3,(H,25,26)/t19-,20+,21?/m0/s1. The molecule has 0 spiro atoms. The zero-order valence-electron chi connectivity index (χ0n) is 18.3. The van der Waals surface area contributed by atoms with Crippen molar-refractivity contribution >= 4 is 20.1 Å². The van der Waals surface area contributed by atoms with Crippen LogP contribution >= 0.6 is 0 Å². The van der Waals surface area contributed by atoms with E-state index in [9.17, 15) is 14.7 Å². The summed E-state index contributed by atoms with van der Waals surface area (Å²) in [6.07, 6.45) is -2.70. The molecule has 1 fully saturated rings. The van der Waals surface area contributed by atoms with E-state index < -0.39 is 38.5 Å². The number of carboxylic acids is 1. The maximum absolute atomic E-state index is 13.2. The van der Waals surface area contributed by atoms with Crippen molar-refractivity contribution in [3.63, 3.8) is 0 Å². The fourth-order valence-electron chi connectivity index (χ4n) is 3.49. The highest BCUT2D eigenvalue weighted by Gasteiger charge is 2.50. The molecule has 0 bridgehead atoms. The third-order valence-electron chi connectivity index (χ3n) is 5.19. The highest BCUT2D eigenvalue weighted by molar-refractivity contribution is 6.76. The minimum absolute atomic E-state index is 0.291. The van der Waals surface area contributed by atoms with Crippen molar-refractivity contribution in [1.82, 2.24) is 4.90 Å². The normalized spacial score (nSPS) is 21.0. The molecule has 1 amide bonds. The zero-order chi connectivity index (χ0) is 22.6. The molecule has 1 aliphatic rings. The molecule has 0 saturated carbocycles. The van der Waals surface area contributed by atoms with E-state index in [0.29, 0.717) is 23.5 Å². The molecule has 1 aliphatic heterocycles. The third-order valence-corrected chi connectivity index (χ3v) is 6.89. The van der Waals surface area contributed by atoms with Crippen molar-refractivity contribution in [2.75, 3.05) is 13.7 Å². The Hall–Kier alpha value is -2.84. The van der Waals surface area contributed by atoms with E-state index in [4.69, 9.17) is 14.2 Å². The highest BCUT2D eigenvalue weighted by Crippen LogP contribution is 2.44. The van der Waals surface area contributed by atoms with Gasteiger partial charge in [-0.25, -0.2) is 9.59 Å². The lowest BCUT2D eigenvalue weighted by Gasteiger charge is -2.29. The molecule has 31 heavy (non-hydrogen) atoms. The van der Waals surface area contributed by atoms with Crippen molar-refractivity contribution in [1.29, 1.82) is 0 Å². The molecule has 1 N–H and O–H groups in total. The second kappa shape index (κ2) is 9.53. The van der Waals surface area contributed by atoms with Gasteiger partial charge >= 0.3 is 12.1 Å². The number of hydrogen-bond donors (Lipinski definition) is 1. The SMILES string of the molecule is COc1ccc(C2O[C@@H](C(=O)O)[C@H](c3ccccc3)N2C(=O)OCC[Si](C)(C)C)cc1. The van der Waals surface area contributed by atoms with Crippen molar-refractivity contribution in [2.24, 2.45) is 0 Å². The summed E-state index contributed by atoms with van der Waals surface area (Å²) in [5.41, 5.74) is 1.32. The van der Waals surface area contributed by atoms with Crippen LogP contribution < -0.4 is 4.74 Å². The molecule has 1 heterocycles. The molecule has 2 aromatic rings. The Morgan fingerprint density at radius 2 is 1.68 bits per heavy atom. The van der Waals surface area contributed by atoms with E-state index in [1.165, 1.54) is 4.90 Å². The quantitative estimate of drug-likeness (QED) is 0.625. The smallest absolute Gasteiger partial charge is 0.412 e. The van der Waals surface area contributed by atoms with Crippen LogP contribution in [-0.2, 0) is 14.3 Å². The van der Waals surface area contributed by atoms with Crippen LogP contribution in [0.15, 0.2) is 54.6 Å². The molecule has 7 nitrogen and oxygen atoms in total. The van der Waals surface area contributed by atoms with Gasteiger partial charge in [0.25, 0.3) is 0 Å². The van der Waals surface area contributed by atoms with Gasteiger partial charge in [-0.05, 0) is 23.7 Å². The van der Waals surface area contributed by atoms with Crippen molar-refractivity contribution < 1.29 is 28.9 Å². The van der Waals surface area contributed by atoms with Gasteiger partial charge in [0, 0.05) is 13.6 Å². The molecule has 166 valence electrons. The van der Waals surface area contributed by atoms with Crippen molar-refractivity contribution in [3.05, 3.63) is 65.7 Å². The van der Waals surface area contributed by atoms with Gasteiger partial charge in [0.1, 0.15) is 11.8 Å². The topological polar surface area (TPSA) is 85.3 Å². The van der Waals surface area contributed by atoms with Crippen molar-refractivity contribution in [3.8, 4) is 5.75 Å². The Labute approximate surface area is 183 Å². The summed E-state index contributed by atoms with van der Waals surface area (Å²) >= 11 is 0. The van der Waals surface area contributed by atoms with Gasteiger partial charge in [0.2, 0.25) is 0 Å². The maximum Gasteiger partial charge on any atom is 0.412 e. The lowest BCUT2D eigenvalue weighted by Crippen LogP contribution is -2.37. The molecule has 2 aromatic carbocycles. The number of methoxy groups -OCH3 is 1. The van der Waals surface area contributed by atoms with Gasteiger partial charge in [-0.1, -0.05) is 62.1 Å². The molecule has 3 atom stereocenters. The van der Waals surface area contributed by atoms with E-state index in [1.54, 1.807) is 43.5 Å². The average Bonchev–Trinajstić information content (AvgIpc) is 3.14. The summed E-state index contributed by atoms with van der Waals surface area (Å²) in [4.78, 5) is 26.7. The molecule has 0 aromatic heterocycles. The van der Waals surface area contributed by atoms with E-state index in [-0.39, 0.29) is 0 Å². The predicted molar refractivity (Wildman–Crippen MR) is 119 cm³/mol. The largest absolute Gasteiger partial charge is 0.497 e. The minimum Gasteiger partial charge on any atom is -0.497 e. The number of benzene rings is 2. The number of carbonyl (C=O) groups excluding carboxylic acids is 1. The maximum atomic E-state index is 13.2. The summed E-state index contributed by atoms with van der Waals surface area (Å²) in [6.45, 7) is 6.90. The summed E-state index contributed by atoms with van der Waals surface area (Å²) in [5, 5.41) is 9.86. The van der Waals surface area contributed by atoms with E-state index in [0.717, 1.165) is 6.04 Å². The van der Waals surface area contributed by atoms with Gasteiger partial charge in [0.05, 0.1) is 13.7 Å². The molecule has 0 aliphatic carbocycles. The van der Waals surface area contributed by atoms with Crippen LogP contribution in [0.3, 0.4) is 0 Å². The van der Waals surface area contributed by atoms with Crippen LogP contribution in [-0.4, -0.2) is 50.0 Å². The monoisotopic (exact) mass is 443 g/mol. The van der Waals surface area contributed by atoms with Crippen LogP contribution in [0.2, 0.25) is 25.7 Å². The Morgan fingerprint density at radius 1 is 1.03 bits per heavy atom. The second-order valence-electron chi connectivity index (χ2n) is 8.71. The molecular weight excluding hydrogens is 414 g/mol. The summed E-state index contributed by atoms with van der Waals surface area (Å²) in [7, 11) is 0.162. The molecule has 3 rings (SSSR count). The van der Waals surface area contributed by atoms with Gasteiger partial charge < -0.3 is 19.3 Å². The van der Waals surface area contributed by atoms with Gasteiger partial charge in [-0.15, -0.1) is 0 Å². The van der Waals surface area contributed by atoms with E-state index in [1.807, 2.05) is 18.2 Å². The van der Waals surface area contributed by atoms with Crippen LogP contribution in [0.4, 0.5) is 4.79 Å². The Balaban J connectivity index is 1.97. The number of amides is 1. The van der Waals surface area contributed by atoms with Gasteiger partial charge in [0.15, 0.2) is 12.3 Å². The first-order valence-corrected chi connectivity index (χ1v) is 13.9. The number of carbonyl (C=O) groups is 2. The van der Waals surface area contributed by atoms with E-state index >= 15 is 0 Å². The number of rotatable bonds is 7. The predicted octanol–water partition coefficient (Wildman–Crippen LogP) is 4.70. The molecule has 8 heteroatoms. The highest BCUT2D eigenvalue weighted by atomic mass is 28.3. The Morgan fingerprint density at radius 3 is 2.23 bits per heavy atom. The molecule has 0 radical (unpaired) electrons. The fraction of sp³-hybridized carbons (Fsp3) is 0.391. The lowest BCUT2D eigenvalue weighted by atomic mass is 10.0. The first kappa shape index (κ1) is 22.8. The average molecular weight is 444 g/mol. The van der Waals surface area contributed by atoms with Crippen LogP contribution in [0.5, 0.6) is 5.75 Å². The molecular formula is C23H29NO6Si. The number of aliphatic carboxylic acids is 1. The van der Waals surface area contributed by atoms with E-state index in [2.05, 4.69) is 19.6 Å². The number of carboxylic acid groups (broad SMARTS) is 1. The number of ether oxygens (including phenoxy) is 3. The first-order chi connectivity index (χ1) is 14.7. The second-order valence-corrected chi connectivity index (χ2v) is 14.3. The summed E-state index contributed by atoms with van der Waals surface area (Å²) < 4.78 is 16.7. The Kier molecular flexibility index (Phi) is 7.02. The van der Waals surface area contributed by atoms with Gasteiger partial charge in [-0.3, -0.25) is 4.90 Å². The van der Waals surface area contributed by atoms with Crippen LogP contribution in [0, 0.1) is 0 Å². The first-order valence-electron chi connectivity index (χ1n) is 10.2. The number of nitrogens with zero attached hydrogens (tertiary/aromatic N) is 1.